The number of fused-ring (bicyclic) bond motifs is 9. The third-order valence-electron chi connectivity index (χ3n) is 19.3. The molecule has 0 aromatic heterocycles. The Bertz CT molecular complexity index is 3700. The third kappa shape index (κ3) is 7.21. The Hall–Kier alpha value is -6.78. The molecule has 4 heteroatoms. The number of para-hydroxylation sites is 1. The van der Waals surface area contributed by atoms with E-state index in [0.717, 1.165) is 29.9 Å². The van der Waals surface area contributed by atoms with Crippen LogP contribution in [-0.2, 0) is 32.5 Å². The monoisotopic (exact) mass is 994 g/mol. The Morgan fingerprint density at radius 3 is 1.64 bits per heavy atom. The first-order valence-corrected chi connectivity index (χ1v) is 28.4. The number of rotatable bonds is 5. The predicted octanol–water partition coefficient (Wildman–Crippen LogP) is 17.8. The Morgan fingerprint density at radius 1 is 0.421 bits per heavy atom. The van der Waals surface area contributed by atoms with Crippen molar-refractivity contribution < 1.29 is 0 Å². The van der Waals surface area contributed by atoms with Crippen LogP contribution in [0.25, 0.3) is 11.1 Å². The highest BCUT2D eigenvalue weighted by Gasteiger charge is 2.49. The van der Waals surface area contributed by atoms with Crippen molar-refractivity contribution in [3.8, 4) is 11.1 Å². The molecule has 0 atom stereocenters. The van der Waals surface area contributed by atoms with Gasteiger partial charge in [0.2, 0.25) is 0 Å². The first kappa shape index (κ1) is 48.8. The fraction of sp³-hybridized carbons (Fsp3) is 0.333. The van der Waals surface area contributed by atoms with E-state index in [-0.39, 0.29) is 39.2 Å². The maximum Gasteiger partial charge on any atom is 0.252 e. The van der Waals surface area contributed by atoms with Crippen molar-refractivity contribution in [2.24, 2.45) is 0 Å². The number of aryl methyl sites for hydroxylation is 1. The van der Waals surface area contributed by atoms with Crippen molar-refractivity contribution in [2.75, 3.05) is 14.7 Å². The summed E-state index contributed by atoms with van der Waals surface area (Å²) >= 11 is 0. The molecule has 76 heavy (non-hydrogen) atoms. The van der Waals surface area contributed by atoms with E-state index in [0.29, 0.717) is 0 Å². The largest absolute Gasteiger partial charge is 0.311 e. The van der Waals surface area contributed by atoms with Crippen molar-refractivity contribution in [1.82, 2.24) is 0 Å². The van der Waals surface area contributed by atoms with Crippen molar-refractivity contribution in [2.45, 2.75) is 155 Å². The molecule has 0 unspecified atom stereocenters. The van der Waals surface area contributed by atoms with E-state index in [1.54, 1.807) is 0 Å². The highest BCUT2D eigenvalue weighted by Crippen LogP contribution is 2.57. The molecule has 382 valence electrons. The molecular formula is C72H76BN3. The lowest BCUT2D eigenvalue weighted by Crippen LogP contribution is -2.62. The number of hydrogen-bond donors (Lipinski definition) is 0. The molecule has 3 aliphatic carbocycles. The Balaban J connectivity index is 1.13. The average Bonchev–Trinajstić information content (AvgIpc) is 3.74. The van der Waals surface area contributed by atoms with Gasteiger partial charge in [-0.15, -0.1) is 0 Å². The van der Waals surface area contributed by atoms with Crippen LogP contribution in [0.4, 0.5) is 51.2 Å². The fourth-order valence-corrected chi connectivity index (χ4v) is 14.7. The van der Waals surface area contributed by atoms with Crippen LogP contribution in [0.2, 0.25) is 0 Å². The van der Waals surface area contributed by atoms with Crippen LogP contribution in [0.5, 0.6) is 0 Å². The van der Waals surface area contributed by atoms with Gasteiger partial charge in [-0.3, -0.25) is 0 Å². The fourth-order valence-electron chi connectivity index (χ4n) is 14.7. The maximum absolute atomic E-state index is 2.71. The quantitative estimate of drug-likeness (QED) is 0.159. The smallest absolute Gasteiger partial charge is 0.252 e. The van der Waals surface area contributed by atoms with E-state index in [1.165, 1.54) is 119 Å². The van der Waals surface area contributed by atoms with Gasteiger partial charge in [-0.2, -0.15) is 0 Å². The van der Waals surface area contributed by atoms with Gasteiger partial charge in [0.05, 0.1) is 5.69 Å². The number of hydrogen-bond acceptors (Lipinski definition) is 3. The first-order chi connectivity index (χ1) is 36.0. The van der Waals surface area contributed by atoms with E-state index in [9.17, 15) is 0 Å². The van der Waals surface area contributed by atoms with Gasteiger partial charge in [-0.1, -0.05) is 175 Å². The van der Waals surface area contributed by atoms with Crippen LogP contribution < -0.4 is 31.1 Å². The molecule has 13 rings (SSSR count). The summed E-state index contributed by atoms with van der Waals surface area (Å²) in [6.45, 7) is 33.9. The lowest BCUT2D eigenvalue weighted by molar-refractivity contribution is 0.332. The summed E-state index contributed by atoms with van der Waals surface area (Å²) in [6.07, 6.45) is 4.69. The van der Waals surface area contributed by atoms with E-state index in [2.05, 4.69) is 269 Å². The first-order valence-electron chi connectivity index (χ1n) is 28.4. The molecule has 8 aromatic rings. The molecule has 0 saturated carbocycles. The summed E-state index contributed by atoms with van der Waals surface area (Å²) in [6, 6.07) is 61.9. The zero-order valence-electron chi connectivity index (χ0n) is 47.8. The van der Waals surface area contributed by atoms with Crippen molar-refractivity contribution >= 4 is 74.3 Å². The lowest BCUT2D eigenvalue weighted by Gasteiger charge is -2.48. The van der Waals surface area contributed by atoms with Crippen LogP contribution in [0.1, 0.15) is 160 Å². The average molecular weight is 994 g/mol. The van der Waals surface area contributed by atoms with Crippen LogP contribution in [-0.4, -0.2) is 6.71 Å². The molecule has 5 aliphatic rings. The highest BCUT2D eigenvalue weighted by atomic mass is 15.2. The van der Waals surface area contributed by atoms with Gasteiger partial charge in [0.15, 0.2) is 0 Å². The van der Waals surface area contributed by atoms with Crippen molar-refractivity contribution in [1.29, 1.82) is 0 Å². The zero-order chi connectivity index (χ0) is 53.2. The van der Waals surface area contributed by atoms with E-state index >= 15 is 0 Å². The molecule has 3 nitrogen and oxygen atoms in total. The summed E-state index contributed by atoms with van der Waals surface area (Å²) in [4.78, 5) is 7.87. The molecule has 2 heterocycles. The Labute approximate surface area is 455 Å². The predicted molar refractivity (Wildman–Crippen MR) is 327 cm³/mol. The Kier molecular flexibility index (Phi) is 10.5. The van der Waals surface area contributed by atoms with Crippen LogP contribution in [0, 0.1) is 6.92 Å². The molecule has 0 radical (unpaired) electrons. The topological polar surface area (TPSA) is 9.72 Å². The third-order valence-corrected chi connectivity index (χ3v) is 19.3. The van der Waals surface area contributed by atoms with E-state index < -0.39 is 0 Å². The van der Waals surface area contributed by atoms with Gasteiger partial charge in [0, 0.05) is 50.9 Å². The van der Waals surface area contributed by atoms with E-state index in [1.807, 2.05) is 0 Å². The minimum absolute atomic E-state index is 0.0190. The maximum atomic E-state index is 2.71. The SMILES string of the molecule is Cc1cc2c3c(c1)N(c1cccc4c1C(C)(C)c1ccccc1-4)c1cc(N(c4ccccc4)c4ccc(C(C)(C)C)cc4)ccc1B3c1cc3c(cc1N2c1ccc2c(c1)C(C)(C)CCC2(C)C)C(C)(C)CCC3(C)C. The summed E-state index contributed by atoms with van der Waals surface area (Å²) in [5.74, 6) is 0. The number of nitrogens with zero attached hydrogens (tertiary/aromatic N) is 3. The van der Waals surface area contributed by atoms with Crippen LogP contribution >= 0.6 is 0 Å². The molecule has 0 spiro atoms. The van der Waals surface area contributed by atoms with Gasteiger partial charge >= 0.3 is 0 Å². The molecule has 2 aliphatic heterocycles. The molecule has 8 aromatic carbocycles. The van der Waals surface area contributed by atoms with Crippen molar-refractivity contribution in [3.63, 3.8) is 0 Å². The summed E-state index contributed by atoms with van der Waals surface area (Å²) in [7, 11) is 0. The van der Waals surface area contributed by atoms with Crippen LogP contribution in [0.3, 0.4) is 0 Å². The van der Waals surface area contributed by atoms with Gasteiger partial charge in [-0.25, -0.2) is 0 Å². The second-order valence-corrected chi connectivity index (χ2v) is 27.6. The minimum Gasteiger partial charge on any atom is -0.311 e. The molecule has 0 saturated heterocycles. The highest BCUT2D eigenvalue weighted by molar-refractivity contribution is 7.00. The van der Waals surface area contributed by atoms with Gasteiger partial charge < -0.3 is 14.7 Å². The van der Waals surface area contributed by atoms with Gasteiger partial charge in [0.1, 0.15) is 0 Å². The van der Waals surface area contributed by atoms with Crippen LogP contribution in [0.15, 0.2) is 158 Å². The summed E-state index contributed by atoms with van der Waals surface area (Å²) in [5, 5.41) is 0. The zero-order valence-corrected chi connectivity index (χ0v) is 47.8. The molecule has 0 bridgehead atoms. The van der Waals surface area contributed by atoms with Crippen molar-refractivity contribution in [3.05, 3.63) is 202 Å². The lowest BCUT2D eigenvalue weighted by atomic mass is 9.33. The Morgan fingerprint density at radius 2 is 0.974 bits per heavy atom. The minimum atomic E-state index is -0.244. The molecular weight excluding hydrogens is 918 g/mol. The second-order valence-electron chi connectivity index (χ2n) is 27.6. The van der Waals surface area contributed by atoms with E-state index in [4.69, 9.17) is 0 Å². The standard InChI is InChI=1S/C72H76BN3/c1-45-39-63-66-64(40-45)76(60-26-20-24-52-51-23-18-19-25-53(51)72(13,14)65(52)60)61-42-50(74(47-21-16-15-17-22-47)48-29-27-46(28-30-48)67(2,3)4)32-34-58(61)73(66)59-43-56-57(71(11,12)38-37-70(56,9)10)44-62(59)75(63)49-31-33-54-55(41-49)69(7,8)36-35-68(54,5)6/h15-34,39-44H,35-38H2,1-14H3. The molecule has 0 N–H and O–H groups in total. The normalized spacial score (nSPS) is 18.4. The summed E-state index contributed by atoms with van der Waals surface area (Å²) < 4.78 is 0. The summed E-state index contributed by atoms with van der Waals surface area (Å²) in [5.41, 5.74) is 29.1. The number of anilines is 9. The number of benzene rings is 8. The molecule has 0 fully saturated rings. The molecule has 0 amide bonds. The van der Waals surface area contributed by atoms with Gasteiger partial charge in [0.25, 0.3) is 6.71 Å². The second kappa shape index (κ2) is 16.4. The van der Waals surface area contributed by atoms with Gasteiger partial charge in [-0.05, 0) is 205 Å².